The lowest BCUT2D eigenvalue weighted by Gasteiger charge is -2.08. The first-order chi connectivity index (χ1) is 9.20. The molecular weight excluding hydrogens is 302 g/mol. The van der Waals surface area contributed by atoms with E-state index in [0.717, 1.165) is 27.7 Å². The van der Waals surface area contributed by atoms with Gasteiger partial charge < -0.3 is 0 Å². The summed E-state index contributed by atoms with van der Waals surface area (Å²) >= 11 is 3.51. The van der Waals surface area contributed by atoms with E-state index >= 15 is 0 Å². The highest BCUT2D eigenvalue weighted by Gasteiger charge is 2.10. The van der Waals surface area contributed by atoms with Gasteiger partial charge in [0.25, 0.3) is 0 Å². The van der Waals surface area contributed by atoms with Gasteiger partial charge >= 0.3 is 0 Å². The minimum absolute atomic E-state index is 0.778. The van der Waals surface area contributed by atoms with Crippen molar-refractivity contribution in [3.05, 3.63) is 53.5 Å². The van der Waals surface area contributed by atoms with Crippen LogP contribution >= 0.6 is 15.9 Å². The van der Waals surface area contributed by atoms with Crippen molar-refractivity contribution in [1.29, 1.82) is 0 Å². The molecular formula is C15H14BrN3. The summed E-state index contributed by atoms with van der Waals surface area (Å²) in [6.45, 7) is 4.23. The Morgan fingerprint density at radius 3 is 2.74 bits per heavy atom. The van der Waals surface area contributed by atoms with Crippen molar-refractivity contribution in [2.24, 2.45) is 0 Å². The highest BCUT2D eigenvalue weighted by Crippen LogP contribution is 2.23. The summed E-state index contributed by atoms with van der Waals surface area (Å²) in [5.41, 5.74) is 5.79. The lowest BCUT2D eigenvalue weighted by Crippen LogP contribution is -2.00. The van der Waals surface area contributed by atoms with Crippen LogP contribution in [0.2, 0.25) is 0 Å². The molecule has 0 aliphatic heterocycles. The second-order valence-electron chi connectivity index (χ2n) is 4.66. The van der Waals surface area contributed by atoms with Crippen LogP contribution in [-0.2, 0) is 5.33 Å². The van der Waals surface area contributed by atoms with Crippen molar-refractivity contribution < 1.29 is 0 Å². The third-order valence-electron chi connectivity index (χ3n) is 3.40. The van der Waals surface area contributed by atoms with Crippen LogP contribution in [0.1, 0.15) is 16.7 Å². The number of alkyl halides is 1. The summed E-state index contributed by atoms with van der Waals surface area (Å²) in [6.07, 6.45) is 3.66. The number of benzene rings is 1. The van der Waals surface area contributed by atoms with Gasteiger partial charge in [-0.2, -0.15) is 0 Å². The molecule has 4 heteroatoms. The van der Waals surface area contributed by atoms with Gasteiger partial charge in [-0.25, -0.2) is 9.97 Å². The number of rotatable bonds is 2. The zero-order valence-corrected chi connectivity index (χ0v) is 12.5. The number of aromatic nitrogens is 3. The smallest absolute Gasteiger partial charge is 0.142 e. The van der Waals surface area contributed by atoms with Crippen LogP contribution in [0.4, 0.5) is 0 Å². The second-order valence-corrected chi connectivity index (χ2v) is 5.22. The predicted molar refractivity (Wildman–Crippen MR) is 81.0 cm³/mol. The van der Waals surface area contributed by atoms with Gasteiger partial charge in [-0.15, -0.1) is 0 Å². The molecule has 0 saturated carbocycles. The first kappa shape index (κ1) is 12.4. The normalized spacial score (nSPS) is 11.1. The Hall–Kier alpha value is -1.68. The molecule has 3 nitrogen and oxygen atoms in total. The van der Waals surface area contributed by atoms with E-state index < -0.39 is 0 Å². The van der Waals surface area contributed by atoms with Crippen molar-refractivity contribution >= 4 is 27.0 Å². The molecule has 3 aromatic rings. The average Bonchev–Trinajstić information content (AvgIpc) is 2.82. The van der Waals surface area contributed by atoms with Crippen LogP contribution in [0.3, 0.4) is 0 Å². The van der Waals surface area contributed by atoms with Crippen LogP contribution in [0, 0.1) is 13.8 Å². The number of aryl methyl sites for hydroxylation is 2. The summed E-state index contributed by atoms with van der Waals surface area (Å²) in [4.78, 5) is 8.97. The van der Waals surface area contributed by atoms with Gasteiger partial charge in [-0.3, -0.25) is 4.57 Å². The van der Waals surface area contributed by atoms with E-state index in [-0.39, 0.29) is 0 Å². The Kier molecular flexibility index (Phi) is 3.11. The zero-order chi connectivity index (χ0) is 13.4. The van der Waals surface area contributed by atoms with E-state index in [1.165, 1.54) is 11.1 Å². The van der Waals surface area contributed by atoms with Gasteiger partial charge in [0.05, 0.1) is 11.0 Å². The van der Waals surface area contributed by atoms with Crippen molar-refractivity contribution in [3.63, 3.8) is 0 Å². The molecule has 0 bridgehead atoms. The largest absolute Gasteiger partial charge is 0.283 e. The Balaban J connectivity index is 2.28. The highest BCUT2D eigenvalue weighted by atomic mass is 79.9. The van der Waals surface area contributed by atoms with Crippen molar-refractivity contribution in [3.8, 4) is 5.82 Å². The fraction of sp³-hybridized carbons (Fsp3) is 0.200. The van der Waals surface area contributed by atoms with Gasteiger partial charge in [0, 0.05) is 17.1 Å². The molecule has 0 aliphatic carbocycles. The van der Waals surface area contributed by atoms with E-state index in [4.69, 9.17) is 0 Å². The van der Waals surface area contributed by atoms with Crippen LogP contribution in [0.25, 0.3) is 16.9 Å². The molecule has 0 fully saturated rings. The number of nitrogens with zero attached hydrogens (tertiary/aromatic N) is 3. The molecule has 2 aromatic heterocycles. The van der Waals surface area contributed by atoms with Gasteiger partial charge in [0.15, 0.2) is 0 Å². The Morgan fingerprint density at radius 2 is 1.95 bits per heavy atom. The standard InChI is InChI=1S/C15H14BrN3/c1-10-6-13-14(7-11(10)2)19(9-18-13)15-12(8-16)4-3-5-17-15/h3-7,9H,8H2,1-2H3. The third kappa shape index (κ3) is 2.06. The lowest BCUT2D eigenvalue weighted by atomic mass is 10.1. The third-order valence-corrected chi connectivity index (χ3v) is 4.01. The highest BCUT2D eigenvalue weighted by molar-refractivity contribution is 9.08. The first-order valence-electron chi connectivity index (χ1n) is 6.15. The summed E-state index contributed by atoms with van der Waals surface area (Å²) in [6, 6.07) is 8.32. The van der Waals surface area contributed by atoms with E-state index in [2.05, 4.69) is 62.5 Å². The molecule has 0 atom stereocenters. The van der Waals surface area contributed by atoms with Crippen LogP contribution in [0.15, 0.2) is 36.8 Å². The molecule has 0 saturated heterocycles. The van der Waals surface area contributed by atoms with Crippen molar-refractivity contribution in [2.45, 2.75) is 19.2 Å². The fourth-order valence-electron chi connectivity index (χ4n) is 2.18. The molecule has 3 rings (SSSR count). The van der Waals surface area contributed by atoms with Crippen LogP contribution < -0.4 is 0 Å². The van der Waals surface area contributed by atoms with E-state index in [0.29, 0.717) is 0 Å². The minimum atomic E-state index is 0.778. The van der Waals surface area contributed by atoms with E-state index in [9.17, 15) is 0 Å². The molecule has 0 spiro atoms. The number of halogens is 1. The van der Waals surface area contributed by atoms with Crippen LogP contribution in [0.5, 0.6) is 0 Å². The maximum atomic E-state index is 4.49. The monoisotopic (exact) mass is 315 g/mol. The van der Waals surface area contributed by atoms with E-state index in [1.54, 1.807) is 0 Å². The molecule has 0 unspecified atom stereocenters. The Bertz CT molecular complexity index is 746. The van der Waals surface area contributed by atoms with E-state index in [1.807, 2.05) is 18.6 Å². The summed E-state index contributed by atoms with van der Waals surface area (Å²) in [5, 5.41) is 0.778. The van der Waals surface area contributed by atoms with Crippen LogP contribution in [-0.4, -0.2) is 14.5 Å². The number of hydrogen-bond donors (Lipinski definition) is 0. The van der Waals surface area contributed by atoms with Gasteiger partial charge in [0.2, 0.25) is 0 Å². The van der Waals surface area contributed by atoms with Gasteiger partial charge in [0.1, 0.15) is 12.1 Å². The predicted octanol–water partition coefficient (Wildman–Crippen LogP) is 3.93. The molecule has 96 valence electrons. The zero-order valence-electron chi connectivity index (χ0n) is 10.9. The summed E-state index contributed by atoms with van der Waals surface area (Å²) in [5.74, 6) is 0.935. The summed E-state index contributed by atoms with van der Waals surface area (Å²) in [7, 11) is 0. The number of hydrogen-bond acceptors (Lipinski definition) is 2. The summed E-state index contributed by atoms with van der Waals surface area (Å²) < 4.78 is 2.05. The number of imidazole rings is 1. The number of pyridine rings is 1. The van der Waals surface area contributed by atoms with Gasteiger partial charge in [-0.05, 0) is 43.2 Å². The molecule has 1 aromatic carbocycles. The number of fused-ring (bicyclic) bond motifs is 1. The van der Waals surface area contributed by atoms with Crippen molar-refractivity contribution in [1.82, 2.24) is 14.5 Å². The SMILES string of the molecule is Cc1cc2ncn(-c3ncccc3CBr)c2cc1C. The first-order valence-corrected chi connectivity index (χ1v) is 7.27. The quantitative estimate of drug-likeness (QED) is 0.671. The lowest BCUT2D eigenvalue weighted by molar-refractivity contribution is 0.999. The molecule has 0 amide bonds. The molecule has 0 N–H and O–H groups in total. The molecule has 0 aliphatic rings. The fourth-order valence-corrected chi connectivity index (χ4v) is 2.62. The maximum absolute atomic E-state index is 4.49. The molecule has 2 heterocycles. The average molecular weight is 316 g/mol. The Labute approximate surface area is 120 Å². The topological polar surface area (TPSA) is 30.7 Å². The van der Waals surface area contributed by atoms with Crippen molar-refractivity contribution in [2.75, 3.05) is 0 Å². The molecule has 19 heavy (non-hydrogen) atoms. The minimum Gasteiger partial charge on any atom is -0.283 e. The Morgan fingerprint density at radius 1 is 1.16 bits per heavy atom. The second kappa shape index (κ2) is 4.78. The van der Waals surface area contributed by atoms with Gasteiger partial charge in [-0.1, -0.05) is 22.0 Å². The maximum Gasteiger partial charge on any atom is 0.142 e. The molecule has 0 radical (unpaired) electrons.